The zero-order chi connectivity index (χ0) is 12.0. The van der Waals surface area contributed by atoms with Crippen molar-refractivity contribution in [2.75, 3.05) is 6.54 Å². The molecular weight excluding hydrogens is 212 g/mol. The Hall–Kier alpha value is -1.42. The first-order chi connectivity index (χ1) is 8.20. The summed E-state index contributed by atoms with van der Waals surface area (Å²) in [6.07, 6.45) is 4.46. The fourth-order valence-corrected chi connectivity index (χ4v) is 2.25. The molecule has 2 N–H and O–H groups in total. The van der Waals surface area contributed by atoms with Gasteiger partial charge in [0.15, 0.2) is 5.65 Å². The van der Waals surface area contributed by atoms with Crippen molar-refractivity contribution < 1.29 is 0 Å². The lowest BCUT2D eigenvalue weighted by Crippen LogP contribution is -2.09. The molecule has 3 rings (SSSR count). The van der Waals surface area contributed by atoms with Crippen LogP contribution in [-0.2, 0) is 7.05 Å². The zero-order valence-corrected chi connectivity index (χ0v) is 10.3. The lowest BCUT2D eigenvalue weighted by Gasteiger charge is -2.08. The Labute approximate surface area is 101 Å². The molecule has 0 amide bonds. The van der Waals surface area contributed by atoms with Crippen LogP contribution in [0.5, 0.6) is 0 Å². The minimum Gasteiger partial charge on any atom is -0.330 e. The van der Waals surface area contributed by atoms with Crippen molar-refractivity contribution in [3.05, 3.63) is 23.5 Å². The second-order valence-electron chi connectivity index (χ2n) is 5.06. The summed E-state index contributed by atoms with van der Waals surface area (Å²) in [4.78, 5) is 4.53. The summed E-state index contributed by atoms with van der Waals surface area (Å²) in [7, 11) is 1.97. The molecule has 1 atom stereocenters. The molecule has 2 heterocycles. The molecule has 2 aromatic rings. The molecule has 0 aromatic carbocycles. The van der Waals surface area contributed by atoms with Gasteiger partial charge >= 0.3 is 0 Å². The number of hydrogen-bond donors (Lipinski definition) is 1. The van der Waals surface area contributed by atoms with E-state index in [1.54, 1.807) is 0 Å². The highest BCUT2D eigenvalue weighted by Crippen LogP contribution is 2.42. The Kier molecular flexibility index (Phi) is 2.40. The van der Waals surface area contributed by atoms with Crippen molar-refractivity contribution in [1.29, 1.82) is 0 Å². The van der Waals surface area contributed by atoms with Crippen LogP contribution >= 0.6 is 0 Å². The third kappa shape index (κ3) is 1.72. The Morgan fingerprint density at radius 2 is 2.29 bits per heavy atom. The van der Waals surface area contributed by atoms with E-state index >= 15 is 0 Å². The monoisotopic (exact) mass is 230 g/mol. The normalized spacial score (nSPS) is 17.6. The molecule has 0 aliphatic heterocycles. The molecule has 1 aliphatic carbocycles. The minimum atomic E-state index is 0.360. The number of hydrogen-bond acceptors (Lipinski definition) is 3. The minimum absolute atomic E-state index is 0.360. The molecule has 0 bridgehead atoms. The molecule has 4 heteroatoms. The summed E-state index contributed by atoms with van der Waals surface area (Å²) < 4.78 is 1.89. The Balaban J connectivity index is 2.15. The van der Waals surface area contributed by atoms with Gasteiger partial charge in [0.1, 0.15) is 0 Å². The van der Waals surface area contributed by atoms with Crippen molar-refractivity contribution in [2.45, 2.75) is 31.6 Å². The number of aryl methyl sites for hydroxylation is 1. The van der Waals surface area contributed by atoms with E-state index < -0.39 is 0 Å². The number of nitrogens with zero attached hydrogens (tertiary/aromatic N) is 3. The van der Waals surface area contributed by atoms with Crippen LogP contribution in [0.2, 0.25) is 0 Å². The van der Waals surface area contributed by atoms with Crippen LogP contribution in [0.15, 0.2) is 12.3 Å². The predicted octanol–water partition coefficient (Wildman–Crippen LogP) is 1.91. The second-order valence-corrected chi connectivity index (χ2v) is 5.06. The molecule has 17 heavy (non-hydrogen) atoms. The molecular formula is C13H18N4. The van der Waals surface area contributed by atoms with E-state index in [-0.39, 0.29) is 0 Å². The van der Waals surface area contributed by atoms with Crippen molar-refractivity contribution in [3.63, 3.8) is 0 Å². The fraction of sp³-hybridized carbons (Fsp3) is 0.538. The summed E-state index contributed by atoms with van der Waals surface area (Å²) in [6, 6.07) is 2.22. The van der Waals surface area contributed by atoms with Gasteiger partial charge in [0.05, 0.1) is 5.69 Å². The second kappa shape index (κ2) is 3.81. The van der Waals surface area contributed by atoms with Crippen LogP contribution in [0.25, 0.3) is 11.0 Å². The SMILES string of the molecule is CC(CN)c1cnc2c(c1)c(C1CC1)nn2C. The maximum absolute atomic E-state index is 5.71. The van der Waals surface area contributed by atoms with E-state index in [0.29, 0.717) is 18.4 Å². The van der Waals surface area contributed by atoms with Gasteiger partial charge in [-0.15, -0.1) is 0 Å². The van der Waals surface area contributed by atoms with Crippen molar-refractivity contribution in [2.24, 2.45) is 12.8 Å². The molecule has 1 unspecified atom stereocenters. The third-order valence-electron chi connectivity index (χ3n) is 3.61. The van der Waals surface area contributed by atoms with Crippen molar-refractivity contribution >= 4 is 11.0 Å². The number of fused-ring (bicyclic) bond motifs is 1. The number of nitrogens with two attached hydrogens (primary N) is 1. The maximum Gasteiger partial charge on any atom is 0.157 e. The molecule has 1 aliphatic rings. The fourth-order valence-electron chi connectivity index (χ4n) is 2.25. The Bertz CT molecular complexity index is 554. The highest BCUT2D eigenvalue weighted by atomic mass is 15.3. The average Bonchev–Trinajstić information content (AvgIpc) is 3.14. The molecule has 1 fully saturated rings. The zero-order valence-electron chi connectivity index (χ0n) is 10.3. The van der Waals surface area contributed by atoms with Crippen LogP contribution in [0.1, 0.15) is 42.9 Å². The summed E-state index contributed by atoms with van der Waals surface area (Å²) in [5.74, 6) is 1.02. The smallest absolute Gasteiger partial charge is 0.157 e. The molecule has 0 spiro atoms. The van der Waals surface area contributed by atoms with Crippen molar-refractivity contribution in [3.8, 4) is 0 Å². The summed E-state index contributed by atoms with van der Waals surface area (Å²) >= 11 is 0. The molecule has 0 radical (unpaired) electrons. The quantitative estimate of drug-likeness (QED) is 0.876. The summed E-state index contributed by atoms with van der Waals surface area (Å²) in [6.45, 7) is 2.79. The van der Waals surface area contributed by atoms with Crippen LogP contribution in [-0.4, -0.2) is 21.3 Å². The van der Waals surface area contributed by atoms with Crippen LogP contribution in [0.4, 0.5) is 0 Å². The van der Waals surface area contributed by atoms with E-state index in [9.17, 15) is 0 Å². The number of aromatic nitrogens is 3. The highest BCUT2D eigenvalue weighted by molar-refractivity contribution is 5.80. The van der Waals surface area contributed by atoms with Crippen LogP contribution < -0.4 is 5.73 Å². The Morgan fingerprint density at radius 3 is 2.94 bits per heavy atom. The van der Waals surface area contributed by atoms with Gasteiger partial charge in [0.2, 0.25) is 0 Å². The first kappa shape index (κ1) is 10.7. The summed E-state index contributed by atoms with van der Waals surface area (Å²) in [5.41, 5.74) is 9.14. The number of rotatable bonds is 3. The van der Waals surface area contributed by atoms with Gasteiger partial charge in [-0.2, -0.15) is 5.10 Å². The van der Waals surface area contributed by atoms with Gasteiger partial charge in [0.25, 0.3) is 0 Å². The highest BCUT2D eigenvalue weighted by Gasteiger charge is 2.29. The standard InChI is InChI=1S/C13H18N4/c1-8(6-14)10-5-11-12(9-3-4-9)16-17(2)13(11)15-7-10/h5,7-9H,3-4,6,14H2,1-2H3. The van der Waals surface area contributed by atoms with E-state index in [0.717, 1.165) is 5.65 Å². The van der Waals surface area contributed by atoms with Gasteiger partial charge in [-0.3, -0.25) is 4.68 Å². The maximum atomic E-state index is 5.71. The Morgan fingerprint density at radius 1 is 1.53 bits per heavy atom. The van der Waals surface area contributed by atoms with Gasteiger partial charge in [-0.1, -0.05) is 6.92 Å². The molecule has 0 saturated heterocycles. The van der Waals surface area contributed by atoms with Gasteiger partial charge in [-0.05, 0) is 36.9 Å². The largest absolute Gasteiger partial charge is 0.330 e. The first-order valence-electron chi connectivity index (χ1n) is 6.23. The predicted molar refractivity (Wildman–Crippen MR) is 68.0 cm³/mol. The molecule has 90 valence electrons. The average molecular weight is 230 g/mol. The number of pyridine rings is 1. The molecule has 4 nitrogen and oxygen atoms in total. The van der Waals surface area contributed by atoms with Gasteiger partial charge in [-0.25, -0.2) is 4.98 Å². The topological polar surface area (TPSA) is 56.7 Å². The van der Waals surface area contributed by atoms with Crippen molar-refractivity contribution in [1.82, 2.24) is 14.8 Å². The summed E-state index contributed by atoms with van der Waals surface area (Å²) in [5, 5.41) is 5.82. The first-order valence-corrected chi connectivity index (χ1v) is 6.23. The van der Waals surface area contributed by atoms with Crippen LogP contribution in [0, 0.1) is 0 Å². The van der Waals surface area contributed by atoms with Gasteiger partial charge < -0.3 is 5.73 Å². The van der Waals surface area contributed by atoms with E-state index in [1.807, 2.05) is 17.9 Å². The van der Waals surface area contributed by atoms with E-state index in [4.69, 9.17) is 5.73 Å². The lowest BCUT2D eigenvalue weighted by atomic mass is 10.0. The van der Waals surface area contributed by atoms with E-state index in [2.05, 4.69) is 23.1 Å². The van der Waals surface area contributed by atoms with Gasteiger partial charge in [0, 0.05) is 24.5 Å². The molecule has 2 aromatic heterocycles. The van der Waals surface area contributed by atoms with Crippen LogP contribution in [0.3, 0.4) is 0 Å². The molecule has 1 saturated carbocycles. The van der Waals surface area contributed by atoms with E-state index in [1.165, 1.54) is 29.5 Å². The third-order valence-corrected chi connectivity index (χ3v) is 3.61. The lowest BCUT2D eigenvalue weighted by molar-refractivity contribution is 0.755.